The van der Waals surface area contributed by atoms with Crippen LogP contribution in [-0.4, -0.2) is 39.1 Å². The molecule has 2 aromatic heterocycles. The third-order valence-corrected chi connectivity index (χ3v) is 8.21. The van der Waals surface area contributed by atoms with Gasteiger partial charge in [-0.2, -0.15) is 4.98 Å². The molecule has 3 aliphatic rings. The van der Waals surface area contributed by atoms with E-state index in [1.165, 1.54) is 25.3 Å². The molecule has 0 atom stereocenters. The number of halogens is 1. The Kier molecular flexibility index (Phi) is 5.92. The minimum atomic E-state index is -0.150. The molecule has 35 heavy (non-hydrogen) atoms. The normalized spacial score (nSPS) is 23.7. The van der Waals surface area contributed by atoms with Gasteiger partial charge < -0.3 is 20.5 Å². The quantitative estimate of drug-likeness (QED) is 0.506. The maximum absolute atomic E-state index is 13.9. The average Bonchev–Trinajstić information content (AvgIpc) is 3.28. The Labute approximate surface area is 204 Å². The van der Waals surface area contributed by atoms with E-state index in [9.17, 15) is 9.18 Å². The van der Waals surface area contributed by atoms with Crippen molar-refractivity contribution in [3.63, 3.8) is 0 Å². The lowest BCUT2D eigenvalue weighted by Crippen LogP contribution is -2.52. The van der Waals surface area contributed by atoms with Gasteiger partial charge in [-0.1, -0.05) is 37.5 Å². The second-order valence-electron chi connectivity index (χ2n) is 10.5. The monoisotopic (exact) mass is 476 g/mol. The van der Waals surface area contributed by atoms with Gasteiger partial charge in [0.1, 0.15) is 17.2 Å². The van der Waals surface area contributed by atoms with Crippen LogP contribution < -0.4 is 16.0 Å². The Balaban J connectivity index is 1.14. The van der Waals surface area contributed by atoms with Crippen molar-refractivity contribution in [2.24, 2.45) is 0 Å². The zero-order chi connectivity index (χ0) is 23.8. The number of carbonyl (C=O) groups is 1. The fourth-order valence-electron chi connectivity index (χ4n) is 6.25. The molecular formula is C27H33FN6O. The van der Waals surface area contributed by atoms with Crippen LogP contribution in [0.5, 0.6) is 0 Å². The molecule has 3 N–H and O–H groups in total. The molecule has 3 aromatic rings. The maximum Gasteiger partial charge on any atom is 0.268 e. The number of rotatable bonds is 5. The molecule has 1 aromatic carbocycles. The summed E-state index contributed by atoms with van der Waals surface area (Å²) < 4.78 is 16.1. The molecule has 0 unspecified atom stereocenters. The van der Waals surface area contributed by atoms with Gasteiger partial charge in [-0.15, -0.1) is 0 Å². The van der Waals surface area contributed by atoms with Gasteiger partial charge in [0.15, 0.2) is 0 Å². The predicted octanol–water partition coefficient (Wildman–Crippen LogP) is 4.49. The number of anilines is 1. The van der Waals surface area contributed by atoms with E-state index >= 15 is 0 Å². The molecule has 8 heteroatoms. The summed E-state index contributed by atoms with van der Waals surface area (Å²) in [4.78, 5) is 22.2. The molecule has 6 rings (SSSR count). The zero-order valence-electron chi connectivity index (χ0n) is 20.0. The first-order chi connectivity index (χ1) is 17.1. The fourth-order valence-corrected chi connectivity index (χ4v) is 6.25. The molecule has 0 radical (unpaired) electrons. The number of nitrogens with one attached hydrogen (secondary N) is 3. The minimum absolute atomic E-state index is 0.0186. The molecule has 1 aliphatic heterocycles. The number of benzene rings is 1. The predicted molar refractivity (Wildman–Crippen MR) is 134 cm³/mol. The summed E-state index contributed by atoms with van der Waals surface area (Å²) >= 11 is 0. The first kappa shape index (κ1) is 22.5. The summed E-state index contributed by atoms with van der Waals surface area (Å²) in [5, 5.41) is 11.1. The molecule has 0 bridgehead atoms. The van der Waals surface area contributed by atoms with Gasteiger partial charge >= 0.3 is 0 Å². The highest BCUT2D eigenvalue weighted by Crippen LogP contribution is 2.40. The van der Waals surface area contributed by atoms with Crippen LogP contribution in [0, 0.1) is 5.82 Å². The summed E-state index contributed by atoms with van der Waals surface area (Å²) in [7, 11) is 0. The van der Waals surface area contributed by atoms with Crippen LogP contribution in [0.15, 0.2) is 36.5 Å². The summed E-state index contributed by atoms with van der Waals surface area (Å²) in [5.41, 5.74) is 2.22. The van der Waals surface area contributed by atoms with Gasteiger partial charge in [0.25, 0.3) is 5.91 Å². The number of hydrogen-bond donors (Lipinski definition) is 3. The molecule has 3 heterocycles. The molecule has 2 fully saturated rings. The third-order valence-electron chi connectivity index (χ3n) is 8.21. The van der Waals surface area contributed by atoms with Crippen molar-refractivity contribution in [2.45, 2.75) is 82.0 Å². The number of amides is 1. The van der Waals surface area contributed by atoms with E-state index < -0.39 is 0 Å². The Bertz CT molecular complexity index is 1230. The van der Waals surface area contributed by atoms with Crippen LogP contribution in [0.1, 0.15) is 73.8 Å². The topological polar surface area (TPSA) is 83.9 Å². The van der Waals surface area contributed by atoms with Gasteiger partial charge in [-0.3, -0.25) is 4.79 Å². The van der Waals surface area contributed by atoms with Crippen LogP contribution >= 0.6 is 0 Å². The zero-order valence-corrected chi connectivity index (χ0v) is 20.0. The Morgan fingerprint density at radius 3 is 2.66 bits per heavy atom. The summed E-state index contributed by atoms with van der Waals surface area (Å²) in [6.45, 7) is 1.24. The molecule has 184 valence electrons. The van der Waals surface area contributed by atoms with E-state index in [0.717, 1.165) is 55.1 Å². The van der Waals surface area contributed by atoms with Crippen molar-refractivity contribution >= 4 is 22.9 Å². The molecule has 7 nitrogen and oxygen atoms in total. The maximum atomic E-state index is 13.9. The first-order valence-corrected chi connectivity index (χ1v) is 13.0. The van der Waals surface area contributed by atoms with E-state index in [0.29, 0.717) is 36.8 Å². The van der Waals surface area contributed by atoms with Crippen molar-refractivity contribution in [3.05, 3.63) is 53.6 Å². The standard InChI is InChI=1S/C27H33FN6O/c28-22-7-3-2-6-18(22)15-29-20-8-10-21(11-9-20)32-26-30-16-19-14-23-25(35)31-17-27(12-4-1-5-13-27)34(23)24(19)33-26/h2-3,6-7,14,16,20-21,29H,1,4-5,8-13,15,17H2,(H,31,35)(H,30,32,33). The molecule has 1 spiro atoms. The van der Waals surface area contributed by atoms with Crippen LogP contribution in [0.3, 0.4) is 0 Å². The van der Waals surface area contributed by atoms with Crippen LogP contribution in [0.4, 0.5) is 10.3 Å². The van der Waals surface area contributed by atoms with E-state index in [2.05, 4.69) is 25.5 Å². The second kappa shape index (κ2) is 9.22. The van der Waals surface area contributed by atoms with Crippen LogP contribution in [0.2, 0.25) is 0 Å². The van der Waals surface area contributed by atoms with Crippen molar-refractivity contribution in [2.75, 3.05) is 11.9 Å². The lowest BCUT2D eigenvalue weighted by Gasteiger charge is -2.42. The Hall–Kier alpha value is -3.00. The third kappa shape index (κ3) is 4.29. The van der Waals surface area contributed by atoms with Crippen molar-refractivity contribution in [3.8, 4) is 0 Å². The van der Waals surface area contributed by atoms with Gasteiger partial charge in [0, 0.05) is 42.3 Å². The highest BCUT2D eigenvalue weighted by molar-refractivity contribution is 5.99. The highest BCUT2D eigenvalue weighted by atomic mass is 19.1. The molecule has 2 saturated carbocycles. The number of hydrogen-bond acceptors (Lipinski definition) is 5. The highest BCUT2D eigenvalue weighted by Gasteiger charge is 2.41. The van der Waals surface area contributed by atoms with E-state index in [4.69, 9.17) is 4.98 Å². The lowest BCUT2D eigenvalue weighted by atomic mass is 9.80. The van der Waals surface area contributed by atoms with Gasteiger partial charge in [-0.25, -0.2) is 9.37 Å². The molecule has 0 saturated heterocycles. The first-order valence-electron chi connectivity index (χ1n) is 13.0. The van der Waals surface area contributed by atoms with Gasteiger partial charge in [-0.05, 0) is 50.7 Å². The van der Waals surface area contributed by atoms with Gasteiger partial charge in [0.05, 0.1) is 5.54 Å². The lowest BCUT2D eigenvalue weighted by molar-refractivity contribution is 0.0833. The minimum Gasteiger partial charge on any atom is -0.351 e. The van der Waals surface area contributed by atoms with Crippen molar-refractivity contribution in [1.82, 2.24) is 25.2 Å². The SMILES string of the molecule is O=C1NCC2(CCCCC2)n2c1cc1cnc(NC3CCC(NCc4ccccc4F)CC3)nc12. The van der Waals surface area contributed by atoms with E-state index in [-0.39, 0.29) is 17.3 Å². The van der Waals surface area contributed by atoms with Crippen LogP contribution in [-0.2, 0) is 12.1 Å². The number of carbonyl (C=O) groups excluding carboxylic acids is 1. The van der Waals surface area contributed by atoms with Crippen LogP contribution in [0.25, 0.3) is 11.0 Å². The molecular weight excluding hydrogens is 443 g/mol. The number of nitrogens with zero attached hydrogens (tertiary/aromatic N) is 3. The second-order valence-corrected chi connectivity index (χ2v) is 10.5. The largest absolute Gasteiger partial charge is 0.351 e. The fraction of sp³-hybridized carbons (Fsp3) is 0.519. The van der Waals surface area contributed by atoms with E-state index in [1.807, 2.05) is 24.4 Å². The van der Waals surface area contributed by atoms with E-state index in [1.54, 1.807) is 6.07 Å². The van der Waals surface area contributed by atoms with Gasteiger partial charge in [0.2, 0.25) is 5.95 Å². The number of aromatic nitrogens is 3. The summed E-state index contributed by atoms with van der Waals surface area (Å²) in [5.74, 6) is 0.468. The summed E-state index contributed by atoms with van der Waals surface area (Å²) in [6.07, 6.45) is 11.7. The Morgan fingerprint density at radius 2 is 1.86 bits per heavy atom. The van der Waals surface area contributed by atoms with Crippen molar-refractivity contribution < 1.29 is 9.18 Å². The molecule has 1 amide bonds. The average molecular weight is 477 g/mol. The Morgan fingerprint density at radius 1 is 1.09 bits per heavy atom. The number of fused-ring (bicyclic) bond motifs is 4. The smallest absolute Gasteiger partial charge is 0.268 e. The summed E-state index contributed by atoms with van der Waals surface area (Å²) in [6, 6.07) is 9.59. The van der Waals surface area contributed by atoms with Crippen molar-refractivity contribution in [1.29, 1.82) is 0 Å². The molecule has 2 aliphatic carbocycles.